The van der Waals surface area contributed by atoms with Crippen molar-refractivity contribution in [3.8, 4) is 34.2 Å². The molecule has 4 aromatic rings. The number of carbonyl (C=O) groups is 1. The van der Waals surface area contributed by atoms with Crippen LogP contribution in [-0.2, 0) is 0 Å². The van der Waals surface area contributed by atoms with Crippen molar-refractivity contribution in [1.82, 2.24) is 15.0 Å². The first-order valence-electron chi connectivity index (χ1n) is 11.8. The van der Waals surface area contributed by atoms with E-state index in [0.29, 0.717) is 33.8 Å². The Morgan fingerprint density at radius 2 is 1.81 bits per heavy atom. The number of halogens is 1. The van der Waals surface area contributed by atoms with Crippen molar-refractivity contribution >= 4 is 18.2 Å². The minimum Gasteiger partial charge on any atom is -0.508 e. The molecule has 0 saturated carbocycles. The molecule has 0 atom stereocenters. The molecule has 7 nitrogen and oxygen atoms in total. The van der Waals surface area contributed by atoms with Crippen molar-refractivity contribution < 1.29 is 19.2 Å². The minimum absolute atomic E-state index is 0. The average Bonchev–Trinajstić information content (AvgIpc) is 3.28. The van der Waals surface area contributed by atoms with Gasteiger partial charge >= 0.3 is 0 Å². The summed E-state index contributed by atoms with van der Waals surface area (Å²) in [5.74, 6) is 0.980. The van der Waals surface area contributed by atoms with Gasteiger partial charge < -0.3 is 14.4 Å². The standard InChI is InChI=1S/C28H27N3O4.ClH/c1-3-15-31-16-23(17-31)34-22-12-8-19(9-13-22)27(33)24-26(25-18(2)5-4-14-29-25)30-35-28(24)20-6-10-21(32)11-7-20;/h4-14,23,32H,3,15-17H2,1-2H3;1H. The van der Waals surface area contributed by atoms with Gasteiger partial charge in [-0.05, 0) is 80.1 Å². The van der Waals surface area contributed by atoms with E-state index in [1.807, 2.05) is 31.2 Å². The quantitative estimate of drug-likeness (QED) is 0.314. The molecule has 0 radical (unpaired) electrons. The van der Waals surface area contributed by atoms with Gasteiger partial charge in [-0.3, -0.25) is 14.7 Å². The lowest BCUT2D eigenvalue weighted by Gasteiger charge is -2.38. The highest BCUT2D eigenvalue weighted by atomic mass is 35.5. The fraction of sp³-hybridized carbons (Fsp3) is 0.250. The first kappa shape index (κ1) is 25.4. The fourth-order valence-electron chi connectivity index (χ4n) is 4.32. The molecule has 0 unspecified atom stereocenters. The zero-order valence-corrected chi connectivity index (χ0v) is 21.0. The summed E-state index contributed by atoms with van der Waals surface area (Å²) < 4.78 is 11.7. The number of hydrogen-bond donors (Lipinski definition) is 1. The number of phenolic OH excluding ortho intramolecular Hbond substituents is 1. The van der Waals surface area contributed by atoms with Crippen LogP contribution >= 0.6 is 12.4 Å². The number of rotatable bonds is 8. The summed E-state index contributed by atoms with van der Waals surface area (Å²) in [7, 11) is 0. The van der Waals surface area contributed by atoms with Gasteiger partial charge in [0.05, 0.1) is 11.3 Å². The van der Waals surface area contributed by atoms with Gasteiger partial charge in [0.15, 0.2) is 11.5 Å². The van der Waals surface area contributed by atoms with E-state index in [1.54, 1.807) is 42.6 Å². The third-order valence-corrected chi connectivity index (χ3v) is 6.17. The Hall–Kier alpha value is -3.68. The summed E-state index contributed by atoms with van der Waals surface area (Å²) in [4.78, 5) is 20.6. The van der Waals surface area contributed by atoms with E-state index < -0.39 is 0 Å². The molecular formula is C28H28ClN3O4. The molecule has 2 aromatic carbocycles. The van der Waals surface area contributed by atoms with Crippen LogP contribution in [0.5, 0.6) is 11.5 Å². The zero-order chi connectivity index (χ0) is 24.4. The van der Waals surface area contributed by atoms with E-state index in [9.17, 15) is 9.90 Å². The van der Waals surface area contributed by atoms with Crippen molar-refractivity contribution in [3.63, 3.8) is 0 Å². The molecule has 0 spiro atoms. The number of carbonyl (C=O) groups excluding carboxylic acids is 1. The van der Waals surface area contributed by atoms with Gasteiger partial charge in [0.25, 0.3) is 0 Å². The van der Waals surface area contributed by atoms with Gasteiger partial charge in [-0.2, -0.15) is 0 Å². The summed E-state index contributed by atoms with van der Waals surface area (Å²) in [6.07, 6.45) is 2.99. The number of nitrogens with zero attached hydrogens (tertiary/aromatic N) is 3. The Morgan fingerprint density at radius 1 is 1.08 bits per heavy atom. The second kappa shape index (κ2) is 10.9. The predicted octanol–water partition coefficient (Wildman–Crippen LogP) is 5.54. The largest absolute Gasteiger partial charge is 0.508 e. The molecule has 1 N–H and O–H groups in total. The maximum absolute atomic E-state index is 13.8. The van der Waals surface area contributed by atoms with Crippen LogP contribution in [-0.4, -0.2) is 51.7 Å². The van der Waals surface area contributed by atoms with Crippen LogP contribution in [0.4, 0.5) is 0 Å². The highest BCUT2D eigenvalue weighted by Crippen LogP contribution is 2.35. The van der Waals surface area contributed by atoms with Crippen LogP contribution in [0, 0.1) is 6.92 Å². The zero-order valence-electron chi connectivity index (χ0n) is 20.2. The molecule has 1 aliphatic heterocycles. The van der Waals surface area contributed by atoms with Gasteiger partial charge in [0.2, 0.25) is 0 Å². The lowest BCUT2D eigenvalue weighted by Crippen LogP contribution is -2.53. The van der Waals surface area contributed by atoms with Gasteiger partial charge in [0.1, 0.15) is 23.3 Å². The maximum atomic E-state index is 13.8. The summed E-state index contributed by atoms with van der Waals surface area (Å²) in [5, 5.41) is 13.9. The van der Waals surface area contributed by atoms with Gasteiger partial charge in [-0.25, -0.2) is 0 Å². The Bertz CT molecular complexity index is 1330. The summed E-state index contributed by atoms with van der Waals surface area (Å²) in [5.41, 5.74) is 3.33. The van der Waals surface area contributed by atoms with Gasteiger partial charge in [-0.1, -0.05) is 18.1 Å². The van der Waals surface area contributed by atoms with Crippen LogP contribution in [0.15, 0.2) is 71.4 Å². The van der Waals surface area contributed by atoms with Crippen LogP contribution in [0.3, 0.4) is 0 Å². The van der Waals surface area contributed by atoms with E-state index in [2.05, 4.69) is 22.0 Å². The van der Waals surface area contributed by atoms with Crippen molar-refractivity contribution in [2.45, 2.75) is 26.4 Å². The van der Waals surface area contributed by atoms with Crippen LogP contribution < -0.4 is 4.74 Å². The SMILES string of the molecule is CCCN1CC(Oc2ccc(C(=O)c3c(-c4ncccc4C)noc3-c3ccc(O)cc3)cc2)C1.Cl. The smallest absolute Gasteiger partial charge is 0.199 e. The molecule has 1 saturated heterocycles. The average molecular weight is 506 g/mol. The summed E-state index contributed by atoms with van der Waals surface area (Å²) >= 11 is 0. The Kier molecular flexibility index (Phi) is 7.72. The topological polar surface area (TPSA) is 88.7 Å². The number of ketones is 1. The van der Waals surface area contributed by atoms with E-state index in [-0.39, 0.29) is 30.0 Å². The molecule has 36 heavy (non-hydrogen) atoms. The highest BCUT2D eigenvalue weighted by molar-refractivity contribution is 6.15. The van der Waals surface area contributed by atoms with Crippen molar-refractivity contribution in [1.29, 1.82) is 0 Å². The van der Waals surface area contributed by atoms with Crippen LogP contribution in [0.2, 0.25) is 0 Å². The Morgan fingerprint density at radius 3 is 2.47 bits per heavy atom. The van der Waals surface area contributed by atoms with E-state index >= 15 is 0 Å². The number of phenols is 1. The molecule has 1 aliphatic rings. The van der Waals surface area contributed by atoms with Crippen molar-refractivity contribution in [2.24, 2.45) is 0 Å². The number of pyridine rings is 1. The number of likely N-dealkylation sites (tertiary alicyclic amines) is 1. The number of aromatic hydroxyl groups is 1. The van der Waals surface area contributed by atoms with Crippen molar-refractivity contribution in [2.75, 3.05) is 19.6 Å². The maximum Gasteiger partial charge on any atom is 0.199 e. The van der Waals surface area contributed by atoms with Crippen LogP contribution in [0.1, 0.15) is 34.8 Å². The summed E-state index contributed by atoms with van der Waals surface area (Å²) in [6.45, 7) is 7.04. The summed E-state index contributed by atoms with van der Waals surface area (Å²) in [6, 6.07) is 17.4. The number of hydrogen-bond acceptors (Lipinski definition) is 7. The first-order chi connectivity index (χ1) is 17.0. The normalized spacial score (nSPS) is 13.6. The van der Waals surface area contributed by atoms with E-state index in [4.69, 9.17) is 9.26 Å². The van der Waals surface area contributed by atoms with E-state index in [0.717, 1.165) is 37.4 Å². The molecule has 0 aliphatic carbocycles. The third kappa shape index (κ3) is 5.12. The number of benzene rings is 2. The molecular weight excluding hydrogens is 478 g/mol. The number of ether oxygens (including phenoxy) is 1. The second-order valence-corrected chi connectivity index (χ2v) is 8.80. The molecule has 186 valence electrons. The van der Waals surface area contributed by atoms with Gasteiger partial charge in [-0.15, -0.1) is 12.4 Å². The van der Waals surface area contributed by atoms with Crippen molar-refractivity contribution in [3.05, 3.63) is 83.6 Å². The molecule has 0 bridgehead atoms. The number of aromatic nitrogens is 2. The minimum atomic E-state index is -0.223. The predicted molar refractivity (Wildman–Crippen MR) is 140 cm³/mol. The molecule has 1 fully saturated rings. The highest BCUT2D eigenvalue weighted by Gasteiger charge is 2.29. The molecule has 0 amide bonds. The third-order valence-electron chi connectivity index (χ3n) is 6.17. The second-order valence-electron chi connectivity index (χ2n) is 8.80. The Balaban J connectivity index is 0.00000304. The van der Waals surface area contributed by atoms with Gasteiger partial charge in [0, 0.05) is 30.4 Å². The fourth-order valence-corrected chi connectivity index (χ4v) is 4.32. The first-order valence-corrected chi connectivity index (χ1v) is 11.8. The Labute approximate surface area is 216 Å². The molecule has 8 heteroatoms. The van der Waals surface area contributed by atoms with Crippen LogP contribution in [0.25, 0.3) is 22.7 Å². The lowest BCUT2D eigenvalue weighted by atomic mass is 9.96. The molecule has 5 rings (SSSR count). The monoisotopic (exact) mass is 505 g/mol. The number of aryl methyl sites for hydroxylation is 1. The molecule has 3 heterocycles. The van der Waals surface area contributed by atoms with E-state index in [1.165, 1.54) is 0 Å². The lowest BCUT2D eigenvalue weighted by molar-refractivity contribution is 0.0202. The molecule has 2 aromatic heterocycles.